The SMILES string of the molecule is CC(=O)c1sc(CC2CN(C)CCN2C)nc1C(=O)O. The normalized spacial score (nSPS) is 21.1. The van der Waals surface area contributed by atoms with Gasteiger partial charge >= 0.3 is 5.97 Å². The van der Waals surface area contributed by atoms with Gasteiger partial charge in [0.25, 0.3) is 0 Å². The van der Waals surface area contributed by atoms with Crippen LogP contribution in [0.2, 0.25) is 0 Å². The third-order valence-corrected chi connectivity index (χ3v) is 4.76. The van der Waals surface area contributed by atoms with Crippen LogP contribution in [0.15, 0.2) is 0 Å². The fourth-order valence-corrected chi connectivity index (χ4v) is 3.38. The van der Waals surface area contributed by atoms with Crippen LogP contribution in [0.5, 0.6) is 0 Å². The predicted octanol–water partition coefficient (Wildman–Crippen LogP) is 0.832. The third-order valence-electron chi connectivity index (χ3n) is 3.58. The van der Waals surface area contributed by atoms with Gasteiger partial charge in [-0.1, -0.05) is 0 Å². The van der Waals surface area contributed by atoms with Crippen LogP contribution in [0.25, 0.3) is 0 Å². The molecule has 2 rings (SSSR count). The Kier molecular flexibility index (Phi) is 4.52. The van der Waals surface area contributed by atoms with E-state index in [-0.39, 0.29) is 16.4 Å². The van der Waals surface area contributed by atoms with Crippen LogP contribution in [0.4, 0.5) is 0 Å². The van der Waals surface area contributed by atoms with Crippen molar-refractivity contribution in [2.45, 2.75) is 19.4 Å². The Labute approximate surface area is 122 Å². The summed E-state index contributed by atoms with van der Waals surface area (Å²) in [5.41, 5.74) is -0.107. The van der Waals surface area contributed by atoms with Crippen molar-refractivity contribution in [3.63, 3.8) is 0 Å². The lowest BCUT2D eigenvalue weighted by molar-refractivity contribution is 0.0686. The van der Waals surface area contributed by atoms with E-state index >= 15 is 0 Å². The second-order valence-electron chi connectivity index (χ2n) is 5.25. The monoisotopic (exact) mass is 297 g/mol. The lowest BCUT2D eigenvalue weighted by Gasteiger charge is -2.37. The summed E-state index contributed by atoms with van der Waals surface area (Å²) in [6, 6.07) is 0.307. The summed E-state index contributed by atoms with van der Waals surface area (Å²) in [6.45, 7) is 4.32. The molecular formula is C13H19N3O3S. The highest BCUT2D eigenvalue weighted by Crippen LogP contribution is 2.22. The van der Waals surface area contributed by atoms with Crippen molar-refractivity contribution in [3.05, 3.63) is 15.6 Å². The molecule has 0 amide bonds. The molecular weight excluding hydrogens is 278 g/mol. The van der Waals surface area contributed by atoms with Gasteiger partial charge < -0.3 is 14.9 Å². The van der Waals surface area contributed by atoms with E-state index in [1.54, 1.807) is 0 Å². The van der Waals surface area contributed by atoms with Crippen molar-refractivity contribution < 1.29 is 14.7 Å². The molecule has 110 valence electrons. The quantitative estimate of drug-likeness (QED) is 0.830. The first-order chi connectivity index (χ1) is 9.38. The molecule has 0 radical (unpaired) electrons. The average molecular weight is 297 g/mol. The molecule has 0 bridgehead atoms. The zero-order valence-corrected chi connectivity index (χ0v) is 12.7. The van der Waals surface area contributed by atoms with Crippen LogP contribution in [0.1, 0.15) is 32.1 Å². The Balaban J connectivity index is 2.19. The molecule has 1 aromatic rings. The standard InChI is InChI=1S/C13H19N3O3S/c1-8(17)12-11(13(18)19)14-10(20-12)6-9-7-15(2)4-5-16(9)3/h9H,4-7H2,1-3H3,(H,18,19). The maximum absolute atomic E-state index is 11.5. The van der Waals surface area contributed by atoms with Gasteiger partial charge in [-0.15, -0.1) is 11.3 Å². The Morgan fingerprint density at radius 2 is 2.10 bits per heavy atom. The second kappa shape index (κ2) is 5.99. The predicted molar refractivity (Wildman–Crippen MR) is 76.7 cm³/mol. The number of carbonyl (C=O) groups is 2. The number of Topliss-reactive ketones (excluding diaryl/α,β-unsaturated/α-hetero) is 1. The van der Waals surface area contributed by atoms with E-state index in [0.717, 1.165) is 24.6 Å². The van der Waals surface area contributed by atoms with E-state index in [1.165, 1.54) is 18.3 Å². The van der Waals surface area contributed by atoms with Crippen LogP contribution in [-0.4, -0.2) is 71.4 Å². The molecule has 1 aromatic heterocycles. The van der Waals surface area contributed by atoms with Gasteiger partial charge in [-0.25, -0.2) is 9.78 Å². The maximum atomic E-state index is 11.5. The number of ketones is 1. The van der Waals surface area contributed by atoms with Gasteiger partial charge in [0.05, 0.1) is 5.01 Å². The largest absolute Gasteiger partial charge is 0.476 e. The van der Waals surface area contributed by atoms with E-state index in [1.807, 2.05) is 0 Å². The molecule has 20 heavy (non-hydrogen) atoms. The fourth-order valence-electron chi connectivity index (χ4n) is 2.36. The number of carboxylic acids is 1. The molecule has 2 heterocycles. The van der Waals surface area contributed by atoms with E-state index in [0.29, 0.717) is 12.5 Å². The zero-order chi connectivity index (χ0) is 14.9. The molecule has 1 N–H and O–H groups in total. The number of piperazine rings is 1. The number of carboxylic acid groups (broad SMARTS) is 1. The van der Waals surface area contributed by atoms with E-state index < -0.39 is 5.97 Å². The fraction of sp³-hybridized carbons (Fsp3) is 0.615. The molecule has 0 saturated carbocycles. The topological polar surface area (TPSA) is 73.7 Å². The van der Waals surface area contributed by atoms with Crippen molar-refractivity contribution in [2.24, 2.45) is 0 Å². The van der Waals surface area contributed by atoms with Crippen molar-refractivity contribution in [2.75, 3.05) is 33.7 Å². The summed E-state index contributed by atoms with van der Waals surface area (Å²) >= 11 is 1.21. The van der Waals surface area contributed by atoms with Gasteiger partial charge in [0.1, 0.15) is 4.88 Å². The molecule has 0 aromatic carbocycles. The van der Waals surface area contributed by atoms with Crippen LogP contribution in [0, 0.1) is 0 Å². The van der Waals surface area contributed by atoms with Gasteiger partial charge in [-0.05, 0) is 14.1 Å². The third kappa shape index (κ3) is 3.23. The summed E-state index contributed by atoms with van der Waals surface area (Å²) in [7, 11) is 4.14. The highest BCUT2D eigenvalue weighted by atomic mass is 32.1. The Bertz CT molecular complexity index is 497. The number of thiazole rings is 1. The molecule has 1 saturated heterocycles. The van der Waals surface area contributed by atoms with E-state index in [4.69, 9.17) is 5.11 Å². The van der Waals surface area contributed by atoms with Gasteiger partial charge in [-0.2, -0.15) is 0 Å². The minimum Gasteiger partial charge on any atom is -0.476 e. The molecule has 7 heteroatoms. The number of carbonyl (C=O) groups excluding carboxylic acids is 1. The molecule has 1 atom stereocenters. The highest BCUT2D eigenvalue weighted by molar-refractivity contribution is 7.14. The van der Waals surface area contributed by atoms with Crippen LogP contribution >= 0.6 is 11.3 Å². The Morgan fingerprint density at radius 3 is 2.65 bits per heavy atom. The minimum atomic E-state index is -1.13. The number of nitrogens with zero attached hydrogens (tertiary/aromatic N) is 3. The van der Waals surface area contributed by atoms with Crippen molar-refractivity contribution in [1.29, 1.82) is 0 Å². The summed E-state index contributed by atoms with van der Waals surface area (Å²) in [6.07, 6.45) is 0.680. The maximum Gasteiger partial charge on any atom is 0.356 e. The van der Waals surface area contributed by atoms with Gasteiger partial charge in [0.15, 0.2) is 11.5 Å². The number of hydrogen-bond donors (Lipinski definition) is 1. The first-order valence-corrected chi connectivity index (χ1v) is 7.33. The molecule has 0 aliphatic carbocycles. The Morgan fingerprint density at radius 1 is 1.40 bits per heavy atom. The lowest BCUT2D eigenvalue weighted by atomic mass is 10.1. The average Bonchev–Trinajstić information content (AvgIpc) is 2.78. The molecule has 1 aliphatic rings. The van der Waals surface area contributed by atoms with E-state index in [2.05, 4.69) is 28.9 Å². The number of likely N-dealkylation sites (N-methyl/N-ethyl adjacent to an activating group) is 2. The van der Waals surface area contributed by atoms with Gasteiger partial charge in [0, 0.05) is 39.0 Å². The first kappa shape index (κ1) is 15.1. The summed E-state index contributed by atoms with van der Waals surface area (Å²) in [4.78, 5) is 31.5. The summed E-state index contributed by atoms with van der Waals surface area (Å²) < 4.78 is 0. The molecule has 1 aliphatic heterocycles. The van der Waals surface area contributed by atoms with E-state index in [9.17, 15) is 9.59 Å². The van der Waals surface area contributed by atoms with Gasteiger partial charge in [-0.3, -0.25) is 4.79 Å². The summed E-state index contributed by atoms with van der Waals surface area (Å²) in [5, 5.41) is 9.82. The molecule has 1 unspecified atom stereocenters. The Hall–Kier alpha value is -1.31. The molecule has 1 fully saturated rings. The molecule has 6 nitrogen and oxygen atoms in total. The first-order valence-electron chi connectivity index (χ1n) is 6.51. The van der Waals surface area contributed by atoms with Gasteiger partial charge in [0.2, 0.25) is 0 Å². The van der Waals surface area contributed by atoms with Crippen molar-refractivity contribution in [3.8, 4) is 0 Å². The van der Waals surface area contributed by atoms with Crippen LogP contribution < -0.4 is 0 Å². The number of aromatic nitrogens is 1. The number of rotatable bonds is 4. The number of aromatic carboxylic acids is 1. The number of hydrogen-bond acceptors (Lipinski definition) is 6. The minimum absolute atomic E-state index is 0.107. The van der Waals surface area contributed by atoms with Crippen LogP contribution in [0.3, 0.4) is 0 Å². The second-order valence-corrected chi connectivity index (χ2v) is 6.33. The summed E-state index contributed by atoms with van der Waals surface area (Å²) in [5.74, 6) is -1.37. The highest BCUT2D eigenvalue weighted by Gasteiger charge is 2.26. The lowest BCUT2D eigenvalue weighted by Crippen LogP contribution is -2.50. The smallest absolute Gasteiger partial charge is 0.356 e. The van der Waals surface area contributed by atoms with Crippen molar-refractivity contribution in [1.82, 2.24) is 14.8 Å². The van der Waals surface area contributed by atoms with Crippen molar-refractivity contribution >= 4 is 23.1 Å². The van der Waals surface area contributed by atoms with Crippen LogP contribution in [-0.2, 0) is 6.42 Å². The zero-order valence-electron chi connectivity index (χ0n) is 11.9. The molecule has 0 spiro atoms.